The summed E-state index contributed by atoms with van der Waals surface area (Å²) in [4.78, 5) is 5.26. The molecule has 1 N–H and O–H groups in total. The summed E-state index contributed by atoms with van der Waals surface area (Å²) < 4.78 is 27.8. The lowest BCUT2D eigenvalue weighted by molar-refractivity contribution is 0.211. The number of thiazole rings is 1. The van der Waals surface area contributed by atoms with Gasteiger partial charge in [0, 0.05) is 25.0 Å². The van der Waals surface area contributed by atoms with E-state index in [0.29, 0.717) is 19.6 Å². The number of aromatic nitrogens is 1. The van der Waals surface area contributed by atoms with E-state index in [1.807, 2.05) is 0 Å². The van der Waals surface area contributed by atoms with Gasteiger partial charge in [-0.15, -0.1) is 11.3 Å². The van der Waals surface area contributed by atoms with Gasteiger partial charge in [-0.1, -0.05) is 0 Å². The van der Waals surface area contributed by atoms with Crippen molar-refractivity contribution in [1.82, 2.24) is 4.98 Å². The van der Waals surface area contributed by atoms with E-state index in [2.05, 4.69) is 10.3 Å². The summed E-state index contributed by atoms with van der Waals surface area (Å²) in [5.41, 5.74) is 0.930. The number of nitrogens with one attached hydrogen (secondary N) is 1. The first-order valence-electron chi connectivity index (χ1n) is 5.02. The van der Waals surface area contributed by atoms with Crippen molar-refractivity contribution in [2.75, 3.05) is 31.3 Å². The second-order valence-electron chi connectivity index (χ2n) is 3.65. The van der Waals surface area contributed by atoms with Gasteiger partial charge in [-0.25, -0.2) is 13.4 Å². The molecule has 2 heterocycles. The number of anilines is 1. The van der Waals surface area contributed by atoms with Crippen LogP contribution in [0.3, 0.4) is 0 Å². The second kappa shape index (κ2) is 4.68. The van der Waals surface area contributed by atoms with Crippen LogP contribution in [-0.2, 0) is 26.7 Å². The predicted molar refractivity (Wildman–Crippen MR) is 63.7 cm³/mol. The highest BCUT2D eigenvalue weighted by Gasteiger charge is 2.24. The summed E-state index contributed by atoms with van der Waals surface area (Å²) in [5.74, 6) is 0.368. The highest BCUT2D eigenvalue weighted by Crippen LogP contribution is 2.29. The maximum absolute atomic E-state index is 11.4. The molecule has 0 saturated heterocycles. The lowest BCUT2D eigenvalue weighted by Crippen LogP contribution is -2.17. The third-order valence-electron chi connectivity index (χ3n) is 2.36. The Labute approximate surface area is 98.8 Å². The zero-order valence-corrected chi connectivity index (χ0v) is 10.7. The third-order valence-corrected chi connectivity index (χ3v) is 5.15. The Morgan fingerprint density at radius 1 is 1.56 bits per heavy atom. The molecule has 0 bridgehead atoms. The van der Waals surface area contributed by atoms with Crippen LogP contribution < -0.4 is 5.32 Å². The lowest BCUT2D eigenvalue weighted by Gasteiger charge is -2.08. The second-order valence-corrected chi connectivity index (χ2v) is 6.92. The predicted octanol–water partition coefficient (Wildman–Crippen LogP) is 0.672. The number of fused-ring (bicyclic) bond motifs is 1. The van der Waals surface area contributed by atoms with E-state index in [4.69, 9.17) is 4.74 Å². The zero-order chi connectivity index (χ0) is 11.6. The van der Waals surface area contributed by atoms with Crippen LogP contribution in [0.25, 0.3) is 0 Å². The molecular formula is C9H14N2O3S2. The zero-order valence-electron chi connectivity index (χ0n) is 9.02. The van der Waals surface area contributed by atoms with Gasteiger partial charge in [0.2, 0.25) is 0 Å². The molecule has 0 radical (unpaired) electrons. The number of sulfone groups is 1. The SMILES string of the molecule is COCCNc1nc2c(s1)CS(=O)(=O)CC2. The highest BCUT2D eigenvalue weighted by atomic mass is 32.2. The quantitative estimate of drug-likeness (QED) is 0.808. The van der Waals surface area contributed by atoms with Crippen LogP contribution >= 0.6 is 11.3 Å². The van der Waals surface area contributed by atoms with Crippen LogP contribution in [-0.4, -0.2) is 39.4 Å². The molecule has 7 heteroatoms. The summed E-state index contributed by atoms with van der Waals surface area (Å²) >= 11 is 1.43. The van der Waals surface area contributed by atoms with Gasteiger partial charge in [-0.05, 0) is 0 Å². The van der Waals surface area contributed by atoms with Gasteiger partial charge in [-0.3, -0.25) is 0 Å². The Hall–Kier alpha value is -0.660. The molecule has 90 valence electrons. The molecule has 16 heavy (non-hydrogen) atoms. The van der Waals surface area contributed by atoms with Gasteiger partial charge in [0.25, 0.3) is 0 Å². The Kier molecular flexibility index (Phi) is 3.46. The molecule has 0 spiro atoms. The fourth-order valence-electron chi connectivity index (χ4n) is 1.55. The lowest BCUT2D eigenvalue weighted by atomic mass is 10.3. The minimum atomic E-state index is -2.89. The summed E-state index contributed by atoms with van der Waals surface area (Å²) in [5, 5.41) is 3.91. The maximum atomic E-state index is 11.4. The summed E-state index contributed by atoms with van der Waals surface area (Å²) in [7, 11) is -1.25. The number of hydrogen-bond acceptors (Lipinski definition) is 6. The van der Waals surface area contributed by atoms with Gasteiger partial charge in [-0.2, -0.15) is 0 Å². The molecule has 1 aliphatic rings. The van der Waals surface area contributed by atoms with Crippen LogP contribution in [0.5, 0.6) is 0 Å². The minimum absolute atomic E-state index is 0.145. The van der Waals surface area contributed by atoms with E-state index >= 15 is 0 Å². The number of ether oxygens (including phenoxy) is 1. The number of rotatable bonds is 4. The summed E-state index contributed by atoms with van der Waals surface area (Å²) in [6.45, 7) is 1.30. The first kappa shape index (κ1) is 11.8. The largest absolute Gasteiger partial charge is 0.383 e. The van der Waals surface area contributed by atoms with E-state index in [-0.39, 0.29) is 11.5 Å². The summed E-state index contributed by atoms with van der Waals surface area (Å²) in [6, 6.07) is 0. The molecule has 1 aromatic heterocycles. The van der Waals surface area contributed by atoms with Gasteiger partial charge in [0.1, 0.15) is 0 Å². The number of methoxy groups -OCH3 is 1. The normalized spacial score (nSPS) is 18.1. The van der Waals surface area contributed by atoms with Crippen molar-refractivity contribution in [1.29, 1.82) is 0 Å². The summed E-state index contributed by atoms with van der Waals surface area (Å²) in [6.07, 6.45) is 0.542. The fraction of sp³-hybridized carbons (Fsp3) is 0.667. The van der Waals surface area contributed by atoms with E-state index < -0.39 is 9.84 Å². The fourth-order valence-corrected chi connectivity index (χ4v) is 4.37. The van der Waals surface area contributed by atoms with Crippen molar-refractivity contribution in [3.05, 3.63) is 10.6 Å². The van der Waals surface area contributed by atoms with Gasteiger partial charge >= 0.3 is 0 Å². The van der Waals surface area contributed by atoms with Crippen molar-refractivity contribution in [2.45, 2.75) is 12.2 Å². The van der Waals surface area contributed by atoms with Crippen molar-refractivity contribution in [3.63, 3.8) is 0 Å². The average Bonchev–Trinajstić information content (AvgIpc) is 2.58. The van der Waals surface area contributed by atoms with Gasteiger partial charge in [0.15, 0.2) is 15.0 Å². The van der Waals surface area contributed by atoms with Crippen molar-refractivity contribution in [3.8, 4) is 0 Å². The van der Waals surface area contributed by atoms with Gasteiger partial charge in [0.05, 0.1) is 23.8 Å². The Morgan fingerprint density at radius 3 is 3.12 bits per heavy atom. The number of nitrogens with zero attached hydrogens (tertiary/aromatic N) is 1. The van der Waals surface area contributed by atoms with Crippen LogP contribution in [0, 0.1) is 0 Å². The molecule has 0 saturated carbocycles. The van der Waals surface area contributed by atoms with E-state index in [9.17, 15) is 8.42 Å². The van der Waals surface area contributed by atoms with Crippen LogP contribution in [0.1, 0.15) is 10.6 Å². The Balaban J connectivity index is 2.07. The molecule has 0 unspecified atom stereocenters. The third kappa shape index (κ3) is 2.72. The smallest absolute Gasteiger partial charge is 0.183 e. The Bertz CT molecular complexity index is 467. The molecule has 2 rings (SSSR count). The van der Waals surface area contributed by atoms with E-state index in [0.717, 1.165) is 15.7 Å². The highest BCUT2D eigenvalue weighted by molar-refractivity contribution is 7.90. The molecular weight excluding hydrogens is 248 g/mol. The average molecular weight is 262 g/mol. The standard InChI is InChI=1S/C9H14N2O3S2/c1-14-4-3-10-9-11-7-2-5-16(12,13)6-8(7)15-9/h2-6H2,1H3,(H,10,11). The molecule has 0 amide bonds. The molecule has 0 aromatic carbocycles. The van der Waals surface area contributed by atoms with Crippen LogP contribution in [0.2, 0.25) is 0 Å². The molecule has 1 aliphatic heterocycles. The molecule has 0 atom stereocenters. The van der Waals surface area contributed by atoms with Crippen molar-refractivity contribution < 1.29 is 13.2 Å². The van der Waals surface area contributed by atoms with Crippen molar-refractivity contribution >= 4 is 26.3 Å². The monoisotopic (exact) mass is 262 g/mol. The van der Waals surface area contributed by atoms with Crippen molar-refractivity contribution in [2.24, 2.45) is 0 Å². The molecule has 1 aromatic rings. The molecule has 5 nitrogen and oxygen atoms in total. The molecule has 0 aliphatic carbocycles. The first-order chi connectivity index (χ1) is 7.61. The molecule has 0 fully saturated rings. The number of hydrogen-bond donors (Lipinski definition) is 1. The first-order valence-corrected chi connectivity index (χ1v) is 7.66. The van der Waals surface area contributed by atoms with E-state index in [1.54, 1.807) is 7.11 Å². The Morgan fingerprint density at radius 2 is 2.38 bits per heavy atom. The maximum Gasteiger partial charge on any atom is 0.183 e. The minimum Gasteiger partial charge on any atom is -0.383 e. The van der Waals surface area contributed by atoms with Crippen LogP contribution in [0.4, 0.5) is 5.13 Å². The number of aryl methyl sites for hydroxylation is 1. The van der Waals surface area contributed by atoms with Crippen LogP contribution in [0.15, 0.2) is 0 Å². The van der Waals surface area contributed by atoms with Gasteiger partial charge < -0.3 is 10.1 Å². The van der Waals surface area contributed by atoms with E-state index in [1.165, 1.54) is 11.3 Å². The topological polar surface area (TPSA) is 68.3 Å².